The number of non-ortho nitro benzene ring substituents is 1. The van der Waals surface area contributed by atoms with E-state index in [1.54, 1.807) is 30.3 Å². The fourth-order valence-corrected chi connectivity index (χ4v) is 4.55. The second kappa shape index (κ2) is 7.57. The maximum atomic E-state index is 13.0. The lowest BCUT2D eigenvalue weighted by Gasteiger charge is -2.24. The molecule has 1 fully saturated rings. The van der Waals surface area contributed by atoms with Crippen LogP contribution in [0.25, 0.3) is 5.76 Å². The molecule has 1 aliphatic rings. The number of nitro groups is 1. The molecule has 1 unspecified atom stereocenters. The maximum absolute atomic E-state index is 13.0. The number of nitrogens with zero attached hydrogens (tertiary/aromatic N) is 2. The monoisotopic (exact) mass is 420 g/mol. The van der Waals surface area contributed by atoms with Gasteiger partial charge >= 0.3 is 0 Å². The predicted molar refractivity (Wildman–Crippen MR) is 113 cm³/mol. The second-order valence-corrected chi connectivity index (χ2v) is 7.73. The minimum atomic E-state index is -0.833. The molecule has 1 saturated heterocycles. The van der Waals surface area contributed by atoms with Crippen molar-refractivity contribution in [3.63, 3.8) is 0 Å². The third-order valence-electron chi connectivity index (χ3n) is 4.96. The molecule has 1 aliphatic heterocycles. The highest BCUT2D eigenvalue weighted by Gasteiger charge is 2.47. The van der Waals surface area contributed by atoms with Gasteiger partial charge in [-0.25, -0.2) is 0 Å². The van der Waals surface area contributed by atoms with Crippen LogP contribution in [-0.4, -0.2) is 21.7 Å². The molecule has 3 aromatic rings. The van der Waals surface area contributed by atoms with Crippen LogP contribution in [0.1, 0.15) is 22.0 Å². The first-order valence-corrected chi connectivity index (χ1v) is 9.93. The van der Waals surface area contributed by atoms with Crippen molar-refractivity contribution in [3.05, 3.63) is 97.7 Å². The predicted octanol–water partition coefficient (Wildman–Crippen LogP) is 4.59. The number of hydrogen-bond acceptors (Lipinski definition) is 6. The minimum absolute atomic E-state index is 0.0881. The smallest absolute Gasteiger partial charge is 0.300 e. The SMILES string of the molecule is Cc1ccsc1C1/C(=C(/O)c2cccc([N+](=O)[O-])c2)C(=O)C(=O)N1c1ccccc1. The van der Waals surface area contributed by atoms with E-state index in [0.717, 1.165) is 10.4 Å². The Morgan fingerprint density at radius 2 is 1.83 bits per heavy atom. The Morgan fingerprint density at radius 3 is 2.47 bits per heavy atom. The van der Waals surface area contributed by atoms with Gasteiger partial charge in [0.2, 0.25) is 0 Å². The standard InChI is InChI=1S/C22H16N2O5S/c1-13-10-11-30-21(13)18-17(19(25)14-6-5-9-16(12-14)24(28)29)20(26)22(27)23(18)15-7-3-2-4-8-15/h2-12,18,25H,1H3/b19-17-. The molecule has 4 rings (SSSR count). The number of amides is 1. The van der Waals surface area contributed by atoms with Crippen LogP contribution in [0.5, 0.6) is 0 Å². The quantitative estimate of drug-likeness (QED) is 0.219. The highest BCUT2D eigenvalue weighted by molar-refractivity contribution is 7.10. The fraction of sp³-hybridized carbons (Fsp3) is 0.0909. The molecule has 1 N–H and O–H groups in total. The van der Waals surface area contributed by atoms with Crippen molar-refractivity contribution in [1.29, 1.82) is 0 Å². The molecule has 2 heterocycles. The molecule has 2 aromatic carbocycles. The number of anilines is 1. The molecule has 30 heavy (non-hydrogen) atoms. The number of para-hydroxylation sites is 1. The van der Waals surface area contributed by atoms with Gasteiger partial charge in [-0.3, -0.25) is 24.6 Å². The number of carbonyl (C=O) groups excluding carboxylic acids is 2. The molecule has 150 valence electrons. The molecule has 7 nitrogen and oxygen atoms in total. The van der Waals surface area contributed by atoms with Gasteiger partial charge in [0.15, 0.2) is 0 Å². The van der Waals surface area contributed by atoms with Crippen LogP contribution in [0.3, 0.4) is 0 Å². The highest BCUT2D eigenvalue weighted by atomic mass is 32.1. The summed E-state index contributed by atoms with van der Waals surface area (Å²) in [7, 11) is 0. The number of thiophene rings is 1. The number of ketones is 1. The Balaban J connectivity index is 1.95. The molecular formula is C22H16N2O5S. The zero-order valence-electron chi connectivity index (χ0n) is 15.8. The Labute approximate surface area is 175 Å². The zero-order valence-corrected chi connectivity index (χ0v) is 16.6. The average molecular weight is 420 g/mol. The summed E-state index contributed by atoms with van der Waals surface area (Å²) in [6.07, 6.45) is 0. The van der Waals surface area contributed by atoms with Crippen molar-refractivity contribution in [2.45, 2.75) is 13.0 Å². The van der Waals surface area contributed by atoms with Gasteiger partial charge < -0.3 is 5.11 Å². The molecule has 1 aromatic heterocycles. The summed E-state index contributed by atoms with van der Waals surface area (Å²) >= 11 is 1.37. The van der Waals surface area contributed by atoms with E-state index >= 15 is 0 Å². The van der Waals surface area contributed by atoms with Crippen LogP contribution >= 0.6 is 11.3 Å². The van der Waals surface area contributed by atoms with Crippen molar-refractivity contribution in [3.8, 4) is 0 Å². The van der Waals surface area contributed by atoms with E-state index in [2.05, 4.69) is 0 Å². The van der Waals surface area contributed by atoms with Gasteiger partial charge in [-0.2, -0.15) is 0 Å². The van der Waals surface area contributed by atoms with Crippen LogP contribution < -0.4 is 4.90 Å². The summed E-state index contributed by atoms with van der Waals surface area (Å²) in [5.74, 6) is -2.03. The molecule has 0 spiro atoms. The van der Waals surface area contributed by atoms with Crippen molar-refractivity contribution in [2.24, 2.45) is 0 Å². The van der Waals surface area contributed by atoms with Gasteiger partial charge in [0.05, 0.1) is 10.5 Å². The van der Waals surface area contributed by atoms with E-state index in [0.29, 0.717) is 5.69 Å². The summed E-state index contributed by atoms with van der Waals surface area (Å²) in [6.45, 7) is 1.87. The number of rotatable bonds is 4. The van der Waals surface area contributed by atoms with Crippen LogP contribution in [0.15, 0.2) is 71.6 Å². The molecule has 0 bridgehead atoms. The molecule has 1 amide bonds. The average Bonchev–Trinajstić information content (AvgIpc) is 3.29. The molecule has 0 radical (unpaired) electrons. The number of carbonyl (C=O) groups is 2. The summed E-state index contributed by atoms with van der Waals surface area (Å²) in [6, 6.07) is 15.2. The van der Waals surface area contributed by atoms with Gasteiger partial charge in [-0.15, -0.1) is 11.3 Å². The zero-order chi connectivity index (χ0) is 21.4. The van der Waals surface area contributed by atoms with Crippen molar-refractivity contribution in [1.82, 2.24) is 0 Å². The molecule has 8 heteroatoms. The van der Waals surface area contributed by atoms with Crippen LogP contribution in [0.2, 0.25) is 0 Å². The van der Waals surface area contributed by atoms with Crippen LogP contribution in [0, 0.1) is 17.0 Å². The summed E-state index contributed by atoms with van der Waals surface area (Å²) in [4.78, 5) is 38.6. The number of aliphatic hydroxyl groups excluding tert-OH is 1. The lowest BCUT2D eigenvalue weighted by Crippen LogP contribution is -2.29. The maximum Gasteiger partial charge on any atom is 0.300 e. The number of aliphatic hydroxyl groups is 1. The summed E-state index contributed by atoms with van der Waals surface area (Å²) in [5, 5.41) is 24.0. The molecule has 1 atom stereocenters. The van der Waals surface area contributed by atoms with Gasteiger partial charge in [0.1, 0.15) is 11.8 Å². The summed E-state index contributed by atoms with van der Waals surface area (Å²) in [5.41, 5.74) is 1.19. The lowest BCUT2D eigenvalue weighted by molar-refractivity contribution is -0.384. The van der Waals surface area contributed by atoms with E-state index in [1.165, 1.54) is 40.5 Å². The largest absolute Gasteiger partial charge is 0.507 e. The minimum Gasteiger partial charge on any atom is -0.507 e. The van der Waals surface area contributed by atoms with E-state index in [4.69, 9.17) is 0 Å². The summed E-state index contributed by atoms with van der Waals surface area (Å²) < 4.78 is 0. The third-order valence-corrected chi connectivity index (χ3v) is 6.03. The number of aryl methyl sites for hydroxylation is 1. The third kappa shape index (κ3) is 3.17. The molecule has 0 aliphatic carbocycles. The topological polar surface area (TPSA) is 101 Å². The molecular weight excluding hydrogens is 404 g/mol. The van der Waals surface area contributed by atoms with E-state index in [-0.39, 0.29) is 16.8 Å². The Kier molecular flexibility index (Phi) is 4.93. The highest BCUT2D eigenvalue weighted by Crippen LogP contribution is 2.44. The number of Topliss-reactive ketones (excluding diaryl/α,β-unsaturated/α-hetero) is 1. The first-order valence-electron chi connectivity index (χ1n) is 9.05. The first kappa shape index (κ1) is 19.5. The number of hydrogen-bond donors (Lipinski definition) is 1. The van der Waals surface area contributed by atoms with E-state index in [1.807, 2.05) is 18.4 Å². The second-order valence-electron chi connectivity index (χ2n) is 6.78. The van der Waals surface area contributed by atoms with Gasteiger partial charge in [0, 0.05) is 28.3 Å². The Morgan fingerprint density at radius 1 is 1.10 bits per heavy atom. The van der Waals surface area contributed by atoms with Crippen molar-refractivity contribution < 1.29 is 19.6 Å². The normalized spacial score (nSPS) is 18.0. The Bertz CT molecular complexity index is 1200. The fourth-order valence-electron chi connectivity index (χ4n) is 3.52. The number of benzene rings is 2. The lowest BCUT2D eigenvalue weighted by atomic mass is 9.98. The van der Waals surface area contributed by atoms with Gasteiger partial charge in [-0.1, -0.05) is 30.3 Å². The Hall–Kier alpha value is -3.78. The molecule has 0 saturated carbocycles. The number of nitro benzene ring substituents is 1. The van der Waals surface area contributed by atoms with Crippen molar-refractivity contribution in [2.75, 3.05) is 4.90 Å². The van der Waals surface area contributed by atoms with E-state index < -0.39 is 28.4 Å². The van der Waals surface area contributed by atoms with Gasteiger partial charge in [0.25, 0.3) is 17.4 Å². The van der Waals surface area contributed by atoms with Crippen molar-refractivity contribution >= 4 is 40.2 Å². The van der Waals surface area contributed by atoms with Gasteiger partial charge in [-0.05, 0) is 36.1 Å². The van der Waals surface area contributed by atoms with E-state index in [9.17, 15) is 24.8 Å². The van der Waals surface area contributed by atoms with Crippen LogP contribution in [0.4, 0.5) is 11.4 Å². The first-order chi connectivity index (χ1) is 14.4. The van der Waals surface area contributed by atoms with Crippen LogP contribution in [-0.2, 0) is 9.59 Å².